The molecule has 0 unspecified atom stereocenters. The van der Waals surface area contributed by atoms with Crippen molar-refractivity contribution in [2.45, 2.75) is 31.3 Å². The summed E-state index contributed by atoms with van der Waals surface area (Å²) in [7, 11) is 0. The first-order valence-corrected chi connectivity index (χ1v) is 18.6. The maximum Gasteiger partial charge on any atom is 0.335 e. The number of imide groups is 2. The summed E-state index contributed by atoms with van der Waals surface area (Å²) in [6, 6.07) is 34.4. The predicted molar refractivity (Wildman–Crippen MR) is 208 cm³/mol. The Labute approximate surface area is 319 Å². The normalized spacial score (nSPS) is 19.1. The van der Waals surface area contributed by atoms with Crippen LogP contribution in [0.1, 0.15) is 58.1 Å². The van der Waals surface area contributed by atoms with Crippen molar-refractivity contribution in [1.82, 2.24) is 5.32 Å². The number of barbiturate groups is 1. The zero-order valence-electron chi connectivity index (χ0n) is 27.8. The van der Waals surface area contributed by atoms with Crippen LogP contribution >= 0.6 is 39.1 Å². The minimum Gasteiger partial charge on any atom is -0.488 e. The molecule has 5 aromatic rings. The van der Waals surface area contributed by atoms with Crippen LogP contribution < -0.4 is 19.9 Å². The molecule has 3 aliphatic heterocycles. The van der Waals surface area contributed by atoms with Gasteiger partial charge >= 0.3 is 6.03 Å². The molecule has 52 heavy (non-hydrogen) atoms. The average molecular weight is 794 g/mol. The predicted octanol–water partition coefficient (Wildman–Crippen LogP) is 9.88. The van der Waals surface area contributed by atoms with Crippen molar-refractivity contribution >= 4 is 74.4 Å². The van der Waals surface area contributed by atoms with Crippen LogP contribution in [0.25, 0.3) is 6.08 Å². The number of hydrogen-bond donors (Lipinski definition) is 1. The van der Waals surface area contributed by atoms with E-state index < -0.39 is 17.8 Å². The number of rotatable bonds is 7. The Bertz CT molecular complexity index is 2190. The monoisotopic (exact) mass is 791 g/mol. The van der Waals surface area contributed by atoms with E-state index in [2.05, 4.69) is 50.4 Å². The second kappa shape index (κ2) is 14.3. The number of benzene rings is 5. The molecule has 5 aromatic carbocycles. The van der Waals surface area contributed by atoms with Crippen molar-refractivity contribution in [3.05, 3.63) is 163 Å². The van der Waals surface area contributed by atoms with Gasteiger partial charge in [0.25, 0.3) is 11.8 Å². The number of hydrogen-bond acceptors (Lipinski definition) is 5. The average Bonchev–Trinajstić information content (AvgIpc) is 3.15. The van der Waals surface area contributed by atoms with E-state index in [1.807, 2.05) is 54.6 Å². The van der Waals surface area contributed by atoms with E-state index in [1.165, 1.54) is 22.9 Å². The summed E-state index contributed by atoms with van der Waals surface area (Å²) in [6.45, 7) is 1.99. The summed E-state index contributed by atoms with van der Waals surface area (Å²) < 4.78 is 6.86. The highest BCUT2D eigenvalue weighted by Gasteiger charge is 2.40. The van der Waals surface area contributed by atoms with Gasteiger partial charge in [-0.05, 0) is 89.2 Å². The van der Waals surface area contributed by atoms with Crippen molar-refractivity contribution in [3.8, 4) is 5.75 Å². The van der Waals surface area contributed by atoms with Crippen LogP contribution in [0.15, 0.2) is 119 Å². The van der Waals surface area contributed by atoms with Gasteiger partial charge in [0.2, 0.25) is 0 Å². The van der Waals surface area contributed by atoms with Gasteiger partial charge in [-0.25, -0.2) is 9.69 Å². The van der Waals surface area contributed by atoms with Crippen molar-refractivity contribution in [1.29, 1.82) is 0 Å². The van der Waals surface area contributed by atoms with Crippen LogP contribution in [-0.2, 0) is 16.2 Å². The lowest BCUT2D eigenvalue weighted by Gasteiger charge is -2.44. The molecular weight excluding hydrogens is 761 g/mol. The molecule has 1 saturated heterocycles. The number of nitrogens with one attached hydrogen (secondary N) is 1. The van der Waals surface area contributed by atoms with Crippen LogP contribution in [-0.4, -0.2) is 30.9 Å². The summed E-state index contributed by atoms with van der Waals surface area (Å²) in [5.41, 5.74) is 7.15. The maximum atomic E-state index is 14.4. The van der Waals surface area contributed by atoms with E-state index in [0.717, 1.165) is 52.0 Å². The van der Waals surface area contributed by atoms with Crippen LogP contribution in [0, 0.1) is 0 Å². The van der Waals surface area contributed by atoms with Gasteiger partial charge in [-0.1, -0.05) is 106 Å². The third kappa shape index (κ3) is 6.51. The van der Waals surface area contributed by atoms with Gasteiger partial charge in [0, 0.05) is 40.6 Å². The number of urea groups is 1. The molecule has 0 bridgehead atoms. The second-order valence-corrected chi connectivity index (χ2v) is 14.9. The van der Waals surface area contributed by atoms with Gasteiger partial charge in [0.1, 0.15) is 17.9 Å². The first-order chi connectivity index (χ1) is 25.2. The van der Waals surface area contributed by atoms with E-state index in [4.69, 9.17) is 27.9 Å². The molecule has 0 saturated carbocycles. The lowest BCUT2D eigenvalue weighted by Crippen LogP contribution is -2.54. The van der Waals surface area contributed by atoms with Crippen molar-refractivity contribution in [3.63, 3.8) is 0 Å². The first kappa shape index (κ1) is 34.2. The highest BCUT2D eigenvalue weighted by molar-refractivity contribution is 9.10. The van der Waals surface area contributed by atoms with Gasteiger partial charge in [-0.15, -0.1) is 0 Å². The summed E-state index contributed by atoms with van der Waals surface area (Å²) in [4.78, 5) is 45.0. The Morgan fingerprint density at radius 1 is 0.769 bits per heavy atom. The van der Waals surface area contributed by atoms with Crippen LogP contribution in [0.4, 0.5) is 16.2 Å². The zero-order valence-corrected chi connectivity index (χ0v) is 30.9. The van der Waals surface area contributed by atoms with E-state index in [9.17, 15) is 14.4 Å². The molecule has 1 N–H and O–H groups in total. The van der Waals surface area contributed by atoms with Crippen LogP contribution in [0.5, 0.6) is 5.75 Å². The smallest absolute Gasteiger partial charge is 0.335 e. The standard InChI is InChI=1S/C42H32BrCl2N3O4/c43-29-12-14-38(52-24-25-11-13-36(44)37(45)19-25)28(20-29)21-35-40(49)46-42(51)48(41(35)50)30-22-33-31(26-7-3-1-4-8-26)15-17-47-18-16-32(34(23-30)39(33)47)27-9-5-2-6-10-27/h1-14,19-23,31-32H,15-18,24H2,(H,46,49,51)/b35-21+/t31-,32-/m0/s1. The topological polar surface area (TPSA) is 79.0 Å². The zero-order chi connectivity index (χ0) is 35.9. The summed E-state index contributed by atoms with van der Waals surface area (Å²) in [5, 5.41) is 3.27. The van der Waals surface area contributed by atoms with Gasteiger partial charge in [-0.3, -0.25) is 14.9 Å². The minimum absolute atomic E-state index is 0.0668. The molecule has 260 valence electrons. The molecule has 0 spiro atoms. The number of anilines is 2. The number of amides is 4. The van der Waals surface area contributed by atoms with Crippen molar-refractivity contribution in [2.75, 3.05) is 22.9 Å². The van der Waals surface area contributed by atoms with Gasteiger partial charge in [0.05, 0.1) is 15.7 Å². The van der Waals surface area contributed by atoms with E-state index in [0.29, 0.717) is 27.0 Å². The lowest BCUT2D eigenvalue weighted by molar-refractivity contribution is -0.122. The first-order valence-electron chi connectivity index (χ1n) is 17.1. The van der Waals surface area contributed by atoms with E-state index in [-0.39, 0.29) is 24.0 Å². The van der Waals surface area contributed by atoms with E-state index in [1.54, 1.807) is 30.3 Å². The minimum atomic E-state index is -0.791. The Kier molecular flexibility index (Phi) is 9.38. The lowest BCUT2D eigenvalue weighted by atomic mass is 9.76. The maximum absolute atomic E-state index is 14.4. The highest BCUT2D eigenvalue weighted by Crippen LogP contribution is 2.50. The Hall–Kier alpha value is -4.89. The molecular formula is C42H32BrCl2N3O4. The Morgan fingerprint density at radius 2 is 1.40 bits per heavy atom. The molecule has 1 fully saturated rings. The summed E-state index contributed by atoms with van der Waals surface area (Å²) in [5.74, 6) is -0.932. The molecule has 0 radical (unpaired) electrons. The quantitative estimate of drug-likeness (QED) is 0.131. The fourth-order valence-electron chi connectivity index (χ4n) is 7.57. The highest BCUT2D eigenvalue weighted by atomic mass is 79.9. The molecule has 10 heteroatoms. The summed E-state index contributed by atoms with van der Waals surface area (Å²) in [6.07, 6.45) is 3.26. The number of carbonyl (C=O) groups excluding carboxylic acids is 3. The van der Waals surface area contributed by atoms with Crippen molar-refractivity contribution < 1.29 is 19.1 Å². The molecule has 4 amide bonds. The molecule has 3 heterocycles. The molecule has 3 aliphatic rings. The molecule has 7 nitrogen and oxygen atoms in total. The third-order valence-corrected chi connectivity index (χ3v) is 11.2. The molecule has 0 aliphatic carbocycles. The number of nitrogens with zero attached hydrogens (tertiary/aromatic N) is 2. The summed E-state index contributed by atoms with van der Waals surface area (Å²) >= 11 is 15.8. The SMILES string of the molecule is O=C1NC(=O)N(c2cc3c4c(c2)[C@H](c2ccccc2)CCN4CC[C@H]3c2ccccc2)C(=O)/C1=C/c1cc(Br)ccc1OCc1ccc(Cl)c(Cl)c1. The Balaban J connectivity index is 1.21. The third-order valence-electron chi connectivity index (χ3n) is 10.0. The van der Waals surface area contributed by atoms with Gasteiger partial charge in [0.15, 0.2) is 0 Å². The van der Waals surface area contributed by atoms with Crippen LogP contribution in [0.3, 0.4) is 0 Å². The fraction of sp³-hybridized carbons (Fsp3) is 0.167. The largest absolute Gasteiger partial charge is 0.488 e. The van der Waals surface area contributed by atoms with Crippen molar-refractivity contribution in [2.24, 2.45) is 0 Å². The Morgan fingerprint density at radius 3 is 2.02 bits per heavy atom. The number of ether oxygens (including phenoxy) is 1. The van der Waals surface area contributed by atoms with Gasteiger partial charge < -0.3 is 9.64 Å². The van der Waals surface area contributed by atoms with Gasteiger partial charge in [-0.2, -0.15) is 0 Å². The number of carbonyl (C=O) groups is 3. The number of halogens is 3. The second-order valence-electron chi connectivity index (χ2n) is 13.1. The molecule has 2 atom stereocenters. The molecule has 0 aromatic heterocycles. The fourth-order valence-corrected chi connectivity index (χ4v) is 8.27. The molecule has 8 rings (SSSR count). The van der Waals surface area contributed by atoms with Crippen LogP contribution in [0.2, 0.25) is 10.0 Å². The van der Waals surface area contributed by atoms with E-state index >= 15 is 0 Å².